The van der Waals surface area contributed by atoms with E-state index in [1.165, 1.54) is 26.8 Å². The van der Waals surface area contributed by atoms with Gasteiger partial charge in [0.15, 0.2) is 0 Å². The van der Waals surface area contributed by atoms with Crippen LogP contribution in [-0.4, -0.2) is 99.5 Å². The van der Waals surface area contributed by atoms with Crippen LogP contribution in [0, 0.1) is 0 Å². The van der Waals surface area contributed by atoms with E-state index in [0.29, 0.717) is 0 Å². The highest BCUT2D eigenvalue weighted by molar-refractivity contribution is 6.90. The fraction of sp³-hybridized carbons (Fsp3) is 1.00. The molecule has 3 N–H and O–H groups in total. The molecule has 0 aromatic heterocycles. The van der Waals surface area contributed by atoms with Crippen LogP contribution in [0.2, 0.25) is 39.3 Å². The van der Waals surface area contributed by atoms with Gasteiger partial charge in [0.25, 0.3) is 10.0 Å². The highest BCUT2D eigenvalue weighted by atomic mass is 28.6. The molecule has 1 saturated heterocycles. The largest absolute Gasteiger partial charge is 0.487 e. The van der Waals surface area contributed by atoms with Gasteiger partial charge in [0, 0.05) is 54.1 Å². The summed E-state index contributed by atoms with van der Waals surface area (Å²) >= 11 is 0. The van der Waals surface area contributed by atoms with Crippen LogP contribution < -0.4 is 0 Å². The minimum atomic E-state index is -3.81. The van der Waals surface area contributed by atoms with Gasteiger partial charge in [0.1, 0.15) is 9.76 Å². The molecule has 19 heteroatoms. The molecule has 1 heterocycles. The lowest BCUT2D eigenvalue weighted by Gasteiger charge is -2.46. The summed E-state index contributed by atoms with van der Waals surface area (Å²) in [5.41, 5.74) is 0. The van der Waals surface area contributed by atoms with Gasteiger partial charge in [-0.05, 0) is 0 Å². The van der Waals surface area contributed by atoms with Gasteiger partial charge in [-0.25, -0.2) is 0 Å². The van der Waals surface area contributed by atoms with E-state index in [9.17, 15) is 14.4 Å². The van der Waals surface area contributed by atoms with Crippen LogP contribution in [0.1, 0.15) is 0 Å². The maximum atomic E-state index is 10.6. The van der Waals surface area contributed by atoms with Crippen molar-refractivity contribution in [3.8, 4) is 0 Å². The van der Waals surface area contributed by atoms with Crippen molar-refractivity contribution in [1.82, 2.24) is 0 Å². The van der Waals surface area contributed by atoms with Crippen LogP contribution in [0.4, 0.5) is 0 Å². The summed E-state index contributed by atoms with van der Waals surface area (Å²) in [7, 11) is -16.0. The molecule has 5 atom stereocenters. The van der Waals surface area contributed by atoms with E-state index < -0.39 is 63.8 Å². The molecule has 0 aliphatic carbocycles. The minimum absolute atomic E-state index is 0.951. The van der Waals surface area contributed by atoms with E-state index in [2.05, 4.69) is 4.74 Å². The van der Waals surface area contributed by atoms with Gasteiger partial charge >= 0.3 is 44.0 Å². The van der Waals surface area contributed by atoms with Gasteiger partial charge in [-0.15, -0.1) is 0 Å². The Morgan fingerprint density at radius 1 is 0.857 bits per heavy atom. The Hall–Kier alpha value is 1.04. The van der Waals surface area contributed by atoms with Gasteiger partial charge in [0.05, 0.1) is 0 Å². The van der Waals surface area contributed by atoms with Gasteiger partial charge in [0.2, 0.25) is 0 Å². The molecule has 1 rings (SSSR count). The molecule has 12 nitrogen and oxygen atoms in total. The third-order valence-electron chi connectivity index (χ3n) is 2.98. The molecule has 0 spiro atoms. The highest BCUT2D eigenvalue weighted by Crippen LogP contribution is 2.32. The normalized spacial score (nSPS) is 39.4. The van der Waals surface area contributed by atoms with Crippen molar-refractivity contribution in [2.75, 3.05) is 21.3 Å². The Morgan fingerprint density at radius 3 is 1.71 bits per heavy atom. The van der Waals surface area contributed by atoms with E-state index in [-0.39, 0.29) is 0 Å². The van der Waals surface area contributed by atoms with Crippen molar-refractivity contribution in [2.24, 2.45) is 0 Å². The molecular weight excluding hydrogens is 497 g/mol. The summed E-state index contributed by atoms with van der Waals surface area (Å²) < 4.78 is 49.4. The standard InChI is InChI=1S/C7H28O11Si7.C2H6O/c1-11-21(3,9)14-25(7)16-22(4,10)15-24(6,13-20-8)17-23(5,18-25)12-19-2;1-3-2/h8-10H,19-20H2,1-7H3;1-2H3. The van der Waals surface area contributed by atoms with Crippen LogP contribution in [0.3, 0.4) is 0 Å². The van der Waals surface area contributed by atoms with Crippen LogP contribution in [0.5, 0.6) is 0 Å². The zero-order valence-corrected chi connectivity index (χ0v) is 25.8. The van der Waals surface area contributed by atoms with Gasteiger partial charge in [-0.3, -0.25) is 0 Å². The molecule has 0 saturated carbocycles. The fourth-order valence-electron chi connectivity index (χ4n) is 2.37. The molecule has 1 fully saturated rings. The third-order valence-corrected chi connectivity index (χ3v) is 24.5. The molecule has 0 radical (unpaired) electrons. The van der Waals surface area contributed by atoms with Crippen molar-refractivity contribution in [1.29, 1.82) is 0 Å². The van der Waals surface area contributed by atoms with Gasteiger partial charge in [-0.1, -0.05) is 6.55 Å². The lowest BCUT2D eigenvalue weighted by molar-refractivity contribution is 0.0728. The number of hydrogen-bond donors (Lipinski definition) is 3. The monoisotopic (exact) mass is 530 g/mol. The van der Waals surface area contributed by atoms with Crippen molar-refractivity contribution in [2.45, 2.75) is 39.3 Å². The average molecular weight is 531 g/mol. The molecule has 0 amide bonds. The molecule has 28 heavy (non-hydrogen) atoms. The molecule has 5 unspecified atom stereocenters. The number of hydrogen-bond acceptors (Lipinski definition) is 12. The number of methoxy groups -OCH3 is 1. The molecule has 0 aromatic rings. The van der Waals surface area contributed by atoms with Crippen molar-refractivity contribution < 1.29 is 52.4 Å². The summed E-state index contributed by atoms with van der Waals surface area (Å²) in [6.07, 6.45) is 0. The minimum Gasteiger partial charge on any atom is -0.423 e. The second-order valence-corrected chi connectivity index (χ2v) is 22.6. The maximum absolute atomic E-state index is 10.6. The summed E-state index contributed by atoms with van der Waals surface area (Å²) in [5.74, 6) is 0. The second-order valence-electron chi connectivity index (χ2n) is 6.21. The lowest BCUT2D eigenvalue weighted by Crippen LogP contribution is -2.71. The molecule has 170 valence electrons. The zero-order valence-electron chi connectivity index (χ0n) is 17.9. The summed E-state index contributed by atoms with van der Waals surface area (Å²) in [4.78, 5) is 30.1. The Kier molecular flexibility index (Phi) is 12.0. The predicted molar refractivity (Wildman–Crippen MR) is 115 cm³/mol. The quantitative estimate of drug-likeness (QED) is 0.312. The van der Waals surface area contributed by atoms with Crippen molar-refractivity contribution in [3.63, 3.8) is 0 Å². The van der Waals surface area contributed by atoms with Crippen LogP contribution in [0.25, 0.3) is 0 Å². The predicted octanol–water partition coefficient (Wildman–Crippen LogP) is -2.02. The molecular formula is C9H34O12Si7. The van der Waals surface area contributed by atoms with Gasteiger partial charge in [-0.2, -0.15) is 0 Å². The average Bonchev–Trinajstić information content (AvgIpc) is 2.43. The first-order valence-corrected chi connectivity index (χ1v) is 22.8. The highest BCUT2D eigenvalue weighted by Gasteiger charge is 2.62. The van der Waals surface area contributed by atoms with Crippen molar-refractivity contribution in [3.05, 3.63) is 0 Å². The van der Waals surface area contributed by atoms with E-state index in [0.717, 1.165) is 0 Å². The molecule has 0 aromatic carbocycles. The molecule has 0 bridgehead atoms. The van der Waals surface area contributed by atoms with Gasteiger partial charge < -0.3 is 52.4 Å². The third kappa shape index (κ3) is 10.4. The van der Waals surface area contributed by atoms with Crippen molar-refractivity contribution >= 4 is 63.8 Å². The van der Waals surface area contributed by atoms with Crippen LogP contribution >= 0.6 is 0 Å². The first-order chi connectivity index (χ1) is 12.6. The fourth-order valence-corrected chi connectivity index (χ4v) is 25.7. The van der Waals surface area contributed by atoms with E-state index >= 15 is 0 Å². The topological polar surface area (TPSA) is 144 Å². The smallest absolute Gasteiger partial charge is 0.423 e. The van der Waals surface area contributed by atoms with Crippen LogP contribution in [0.15, 0.2) is 0 Å². The van der Waals surface area contributed by atoms with E-state index in [1.54, 1.807) is 27.3 Å². The number of ether oxygens (including phenoxy) is 1. The Bertz CT molecular complexity index is 475. The molecule has 1 aliphatic heterocycles. The Labute approximate surface area is 176 Å². The summed E-state index contributed by atoms with van der Waals surface area (Å²) in [6.45, 7) is 9.37. The first kappa shape index (κ1) is 29.0. The summed E-state index contributed by atoms with van der Waals surface area (Å²) in [5, 5.41) is 0. The zero-order chi connectivity index (χ0) is 22.3. The number of rotatable bonds is 7. The second kappa shape index (κ2) is 11.6. The van der Waals surface area contributed by atoms with E-state index in [4.69, 9.17) is 33.2 Å². The maximum Gasteiger partial charge on any atom is 0.487 e. The lowest BCUT2D eigenvalue weighted by atomic mass is 11.6. The first-order valence-electron chi connectivity index (χ1n) is 8.43. The molecule has 1 aliphatic rings. The van der Waals surface area contributed by atoms with E-state index in [1.807, 2.05) is 6.55 Å². The Balaban J connectivity index is 0.00000227. The SMILES string of the molecule is COC.CO[Si](C)(O)O[Si]1(C)O[Si](C)(O)O[Si](C)(O[SiH2]O)O[Si](C)(O[SiH2]C)O1. The Morgan fingerprint density at radius 2 is 1.29 bits per heavy atom. The van der Waals surface area contributed by atoms with Crippen LogP contribution in [-0.2, 0) is 38.0 Å². The summed E-state index contributed by atoms with van der Waals surface area (Å²) in [6, 6.07) is 0.